The summed E-state index contributed by atoms with van der Waals surface area (Å²) in [5.74, 6) is 0.0974. The summed E-state index contributed by atoms with van der Waals surface area (Å²) >= 11 is 0. The first-order chi connectivity index (χ1) is 6.24. The van der Waals surface area contributed by atoms with Crippen molar-refractivity contribution in [1.29, 1.82) is 0 Å². The lowest BCUT2D eigenvalue weighted by atomic mass is 10.1. The van der Waals surface area contributed by atoms with Crippen molar-refractivity contribution in [2.24, 2.45) is 0 Å². The fourth-order valence-corrected chi connectivity index (χ4v) is 1.01. The number of ketones is 1. The summed E-state index contributed by atoms with van der Waals surface area (Å²) in [6, 6.07) is 7.43. The van der Waals surface area contributed by atoms with E-state index in [9.17, 15) is 4.79 Å². The number of nitrogens with one attached hydrogen (secondary N) is 2. The van der Waals surface area contributed by atoms with Gasteiger partial charge in [0, 0.05) is 11.3 Å². The number of rotatable bonds is 4. The molecule has 0 radical (unpaired) electrons. The summed E-state index contributed by atoms with van der Waals surface area (Å²) in [4.78, 5) is 10.9. The molecule has 0 aliphatic rings. The number of hydrogen-bond donors (Lipinski definition) is 2. The predicted molar refractivity (Wildman–Crippen MR) is 54.0 cm³/mol. The number of benzene rings is 1. The van der Waals surface area contributed by atoms with Crippen LogP contribution in [0, 0.1) is 0 Å². The smallest absolute Gasteiger partial charge is 0.159 e. The molecule has 0 spiro atoms. The maximum atomic E-state index is 10.9. The first-order valence-electron chi connectivity index (χ1n) is 4.23. The Kier molecular flexibility index (Phi) is 3.46. The molecule has 2 N–H and O–H groups in total. The maximum absolute atomic E-state index is 10.9. The zero-order chi connectivity index (χ0) is 9.68. The molecular weight excluding hydrogens is 164 g/mol. The molecule has 0 heterocycles. The van der Waals surface area contributed by atoms with Gasteiger partial charge in [-0.2, -0.15) is 0 Å². The van der Waals surface area contributed by atoms with Gasteiger partial charge < -0.3 is 10.6 Å². The Labute approximate surface area is 78.2 Å². The van der Waals surface area contributed by atoms with E-state index in [-0.39, 0.29) is 5.78 Å². The summed E-state index contributed by atoms with van der Waals surface area (Å²) in [5, 5.41) is 6.11. The van der Waals surface area contributed by atoms with E-state index in [0.29, 0.717) is 0 Å². The molecule has 0 unspecified atom stereocenters. The van der Waals surface area contributed by atoms with Gasteiger partial charge in [-0.15, -0.1) is 0 Å². The van der Waals surface area contributed by atoms with Crippen LogP contribution in [0.1, 0.15) is 17.3 Å². The molecule has 1 aromatic carbocycles. The van der Waals surface area contributed by atoms with Gasteiger partial charge in [0.15, 0.2) is 5.78 Å². The summed E-state index contributed by atoms with van der Waals surface area (Å²) in [5.41, 5.74) is 1.76. The van der Waals surface area contributed by atoms with Gasteiger partial charge in [0.05, 0.1) is 6.67 Å². The molecule has 1 aromatic rings. The first-order valence-corrected chi connectivity index (χ1v) is 4.23. The van der Waals surface area contributed by atoms with Gasteiger partial charge in [-0.3, -0.25) is 4.79 Å². The van der Waals surface area contributed by atoms with Crippen molar-refractivity contribution >= 4 is 11.5 Å². The molecule has 0 fully saturated rings. The van der Waals surface area contributed by atoms with Crippen molar-refractivity contribution < 1.29 is 4.79 Å². The van der Waals surface area contributed by atoms with Crippen LogP contribution < -0.4 is 10.6 Å². The third-order valence-corrected chi connectivity index (χ3v) is 1.76. The molecule has 0 saturated heterocycles. The maximum Gasteiger partial charge on any atom is 0.159 e. The minimum Gasteiger partial charge on any atom is -0.372 e. The first kappa shape index (κ1) is 9.74. The number of carbonyl (C=O) groups excluding carboxylic acids is 1. The average Bonchev–Trinajstić information content (AvgIpc) is 2.15. The largest absolute Gasteiger partial charge is 0.372 e. The van der Waals surface area contributed by atoms with Crippen LogP contribution in [0.4, 0.5) is 5.69 Å². The highest BCUT2D eigenvalue weighted by molar-refractivity contribution is 5.94. The van der Waals surface area contributed by atoms with Crippen molar-refractivity contribution in [3.05, 3.63) is 29.8 Å². The van der Waals surface area contributed by atoms with Gasteiger partial charge in [0.25, 0.3) is 0 Å². The van der Waals surface area contributed by atoms with Crippen molar-refractivity contribution in [3.63, 3.8) is 0 Å². The molecule has 3 nitrogen and oxygen atoms in total. The predicted octanol–water partition coefficient (Wildman–Crippen LogP) is 1.48. The van der Waals surface area contributed by atoms with E-state index in [1.165, 1.54) is 0 Å². The van der Waals surface area contributed by atoms with Gasteiger partial charge in [0.2, 0.25) is 0 Å². The summed E-state index contributed by atoms with van der Waals surface area (Å²) in [6.07, 6.45) is 0. The summed E-state index contributed by atoms with van der Waals surface area (Å²) < 4.78 is 0. The Morgan fingerprint density at radius 1 is 1.31 bits per heavy atom. The number of carbonyl (C=O) groups is 1. The molecule has 0 saturated carbocycles. The lowest BCUT2D eigenvalue weighted by molar-refractivity contribution is 0.101. The third-order valence-electron chi connectivity index (χ3n) is 1.76. The molecule has 0 aliphatic carbocycles. The molecule has 1 rings (SSSR count). The van der Waals surface area contributed by atoms with Crippen LogP contribution in [0.2, 0.25) is 0 Å². The van der Waals surface area contributed by atoms with E-state index in [1.807, 2.05) is 31.3 Å². The Balaban J connectivity index is 2.64. The van der Waals surface area contributed by atoms with Crippen LogP contribution in [0.3, 0.4) is 0 Å². The standard InChI is InChI=1S/C10H14N2O/c1-8(13)9-3-5-10(6-4-9)12-7-11-2/h3-6,11-12H,7H2,1-2H3. The minimum atomic E-state index is 0.0974. The lowest BCUT2D eigenvalue weighted by Gasteiger charge is -2.05. The molecule has 0 amide bonds. The van der Waals surface area contributed by atoms with E-state index in [4.69, 9.17) is 0 Å². The molecule has 0 bridgehead atoms. The van der Waals surface area contributed by atoms with Gasteiger partial charge in [0.1, 0.15) is 0 Å². The highest BCUT2D eigenvalue weighted by Crippen LogP contribution is 2.08. The van der Waals surface area contributed by atoms with Crippen LogP contribution in [-0.2, 0) is 0 Å². The van der Waals surface area contributed by atoms with E-state index in [0.717, 1.165) is 17.9 Å². The van der Waals surface area contributed by atoms with Crippen molar-refractivity contribution in [2.45, 2.75) is 6.92 Å². The molecule has 0 aromatic heterocycles. The SMILES string of the molecule is CNCNc1ccc(C(C)=O)cc1. The van der Waals surface area contributed by atoms with Crippen LogP contribution >= 0.6 is 0 Å². The Morgan fingerprint density at radius 2 is 1.92 bits per heavy atom. The van der Waals surface area contributed by atoms with Gasteiger partial charge >= 0.3 is 0 Å². The van der Waals surface area contributed by atoms with Crippen molar-refractivity contribution in [2.75, 3.05) is 19.0 Å². The molecule has 70 valence electrons. The fraction of sp³-hybridized carbons (Fsp3) is 0.300. The van der Waals surface area contributed by atoms with E-state index in [2.05, 4.69) is 10.6 Å². The van der Waals surface area contributed by atoms with E-state index >= 15 is 0 Å². The van der Waals surface area contributed by atoms with Gasteiger partial charge in [-0.25, -0.2) is 0 Å². The van der Waals surface area contributed by atoms with Crippen molar-refractivity contribution in [3.8, 4) is 0 Å². The molecule has 0 aliphatic heterocycles. The van der Waals surface area contributed by atoms with E-state index in [1.54, 1.807) is 6.92 Å². The van der Waals surface area contributed by atoms with Crippen LogP contribution in [0.25, 0.3) is 0 Å². The second-order valence-corrected chi connectivity index (χ2v) is 2.84. The molecule has 3 heteroatoms. The minimum absolute atomic E-state index is 0.0974. The summed E-state index contributed by atoms with van der Waals surface area (Å²) in [7, 11) is 1.87. The fourth-order valence-electron chi connectivity index (χ4n) is 1.01. The Hall–Kier alpha value is -1.35. The van der Waals surface area contributed by atoms with E-state index < -0.39 is 0 Å². The zero-order valence-corrected chi connectivity index (χ0v) is 7.92. The Bertz CT molecular complexity index is 279. The monoisotopic (exact) mass is 178 g/mol. The molecule has 0 atom stereocenters. The Morgan fingerprint density at radius 3 is 2.38 bits per heavy atom. The topological polar surface area (TPSA) is 41.1 Å². The molecular formula is C10H14N2O. The van der Waals surface area contributed by atoms with Crippen LogP contribution in [0.15, 0.2) is 24.3 Å². The quantitative estimate of drug-likeness (QED) is 0.542. The van der Waals surface area contributed by atoms with Crippen molar-refractivity contribution in [1.82, 2.24) is 5.32 Å². The number of hydrogen-bond acceptors (Lipinski definition) is 3. The number of anilines is 1. The second-order valence-electron chi connectivity index (χ2n) is 2.84. The average molecular weight is 178 g/mol. The lowest BCUT2D eigenvalue weighted by Crippen LogP contribution is -2.16. The zero-order valence-electron chi connectivity index (χ0n) is 7.92. The third kappa shape index (κ3) is 2.87. The second kappa shape index (κ2) is 4.62. The summed E-state index contributed by atoms with van der Waals surface area (Å²) in [6.45, 7) is 2.29. The number of Topliss-reactive ketones (excluding diaryl/α,β-unsaturated/α-hetero) is 1. The highest BCUT2D eigenvalue weighted by Gasteiger charge is 1.97. The van der Waals surface area contributed by atoms with Gasteiger partial charge in [-0.05, 0) is 38.2 Å². The van der Waals surface area contributed by atoms with Gasteiger partial charge in [-0.1, -0.05) is 0 Å². The van der Waals surface area contributed by atoms with Crippen LogP contribution in [-0.4, -0.2) is 19.5 Å². The normalized spacial score (nSPS) is 9.69. The highest BCUT2D eigenvalue weighted by atomic mass is 16.1. The molecule has 13 heavy (non-hydrogen) atoms. The van der Waals surface area contributed by atoms with Crippen LogP contribution in [0.5, 0.6) is 0 Å².